The van der Waals surface area contributed by atoms with Crippen molar-refractivity contribution >= 4 is 17.2 Å². The highest BCUT2D eigenvalue weighted by molar-refractivity contribution is 7.10. The number of nitrogens with two attached hydrogens (primary N) is 1. The molecule has 0 saturated carbocycles. The number of carbonyl (C=O) groups is 1. The monoisotopic (exact) mass is 250 g/mol. The van der Waals surface area contributed by atoms with Crippen LogP contribution in [0.4, 0.5) is 0 Å². The van der Waals surface area contributed by atoms with Crippen LogP contribution in [-0.4, -0.2) is 12.5 Å². The minimum Gasteiger partial charge on any atom is -0.351 e. The molecular weight excluding hydrogens is 232 g/mol. The molecule has 0 bridgehead atoms. The van der Waals surface area contributed by atoms with E-state index < -0.39 is 0 Å². The highest BCUT2D eigenvalue weighted by Gasteiger charge is 2.09. The zero-order chi connectivity index (χ0) is 12.7. The van der Waals surface area contributed by atoms with Crippen LogP contribution >= 0.6 is 11.3 Å². The smallest absolute Gasteiger partial charge is 0.223 e. The molecule has 1 heterocycles. The van der Waals surface area contributed by atoms with E-state index in [4.69, 9.17) is 5.73 Å². The number of rotatable bonds is 4. The van der Waals surface area contributed by atoms with Gasteiger partial charge < -0.3 is 11.1 Å². The molecule has 17 heavy (non-hydrogen) atoms. The Kier molecular flexibility index (Phi) is 5.75. The van der Waals surface area contributed by atoms with Gasteiger partial charge in [0.15, 0.2) is 0 Å². The van der Waals surface area contributed by atoms with Gasteiger partial charge in [0.1, 0.15) is 0 Å². The van der Waals surface area contributed by atoms with E-state index in [2.05, 4.69) is 17.2 Å². The van der Waals surface area contributed by atoms with Crippen LogP contribution in [0.3, 0.4) is 0 Å². The molecule has 1 unspecified atom stereocenters. The van der Waals surface area contributed by atoms with Gasteiger partial charge in [0.05, 0.1) is 13.1 Å². The number of amides is 1. The van der Waals surface area contributed by atoms with Gasteiger partial charge in [0.25, 0.3) is 0 Å². The molecule has 0 radical (unpaired) electrons. The molecule has 92 valence electrons. The van der Waals surface area contributed by atoms with E-state index in [0.29, 0.717) is 13.1 Å². The molecule has 3 N–H and O–H groups in total. The lowest BCUT2D eigenvalue weighted by Crippen LogP contribution is -2.27. The van der Waals surface area contributed by atoms with E-state index in [1.54, 1.807) is 11.3 Å². The summed E-state index contributed by atoms with van der Waals surface area (Å²) in [6.45, 7) is 4.89. The summed E-state index contributed by atoms with van der Waals surface area (Å²) in [6, 6.07) is 1.99. The number of nitrogens with one attached hydrogen (secondary N) is 1. The molecule has 1 rings (SSSR count). The van der Waals surface area contributed by atoms with E-state index in [9.17, 15) is 4.79 Å². The second-order valence-electron chi connectivity index (χ2n) is 3.83. The maximum Gasteiger partial charge on any atom is 0.223 e. The van der Waals surface area contributed by atoms with Gasteiger partial charge in [-0.15, -0.1) is 11.3 Å². The van der Waals surface area contributed by atoms with Crippen LogP contribution in [0, 0.1) is 17.8 Å². The zero-order valence-electron chi connectivity index (χ0n) is 10.2. The van der Waals surface area contributed by atoms with Gasteiger partial charge in [0.2, 0.25) is 5.91 Å². The molecule has 1 aromatic heterocycles. The van der Waals surface area contributed by atoms with Crippen LogP contribution in [0.15, 0.2) is 11.4 Å². The first-order valence-corrected chi connectivity index (χ1v) is 6.59. The van der Waals surface area contributed by atoms with Crippen molar-refractivity contribution in [3.8, 4) is 11.8 Å². The predicted octanol–water partition coefficient (Wildman–Crippen LogP) is 1.72. The Balaban J connectivity index is 2.47. The average Bonchev–Trinajstić information content (AvgIpc) is 2.80. The summed E-state index contributed by atoms with van der Waals surface area (Å²) in [7, 11) is 0. The fourth-order valence-corrected chi connectivity index (χ4v) is 1.98. The first-order valence-electron chi connectivity index (χ1n) is 5.71. The summed E-state index contributed by atoms with van der Waals surface area (Å²) in [6.07, 6.45) is 0.865. The summed E-state index contributed by atoms with van der Waals surface area (Å²) in [5, 5.41) is 4.90. The highest BCUT2D eigenvalue weighted by Crippen LogP contribution is 2.13. The van der Waals surface area contributed by atoms with Crippen molar-refractivity contribution in [1.29, 1.82) is 0 Å². The Morgan fingerprint density at radius 1 is 1.65 bits per heavy atom. The zero-order valence-corrected chi connectivity index (χ0v) is 11.1. The molecule has 0 fully saturated rings. The van der Waals surface area contributed by atoms with Gasteiger partial charge in [0, 0.05) is 21.7 Å². The summed E-state index contributed by atoms with van der Waals surface area (Å²) in [5.41, 5.74) is 6.27. The van der Waals surface area contributed by atoms with Crippen LogP contribution in [0.25, 0.3) is 0 Å². The molecule has 0 saturated heterocycles. The molecule has 4 heteroatoms. The lowest BCUT2D eigenvalue weighted by Gasteiger charge is -2.08. The minimum absolute atomic E-state index is 0.0754. The Bertz CT molecular complexity index is 428. The summed E-state index contributed by atoms with van der Waals surface area (Å²) in [5.74, 6) is 5.96. The van der Waals surface area contributed by atoms with E-state index in [0.717, 1.165) is 16.9 Å². The molecule has 1 atom stereocenters. The van der Waals surface area contributed by atoms with Crippen LogP contribution in [0.1, 0.15) is 30.7 Å². The number of carbonyl (C=O) groups excluding carboxylic acids is 1. The Morgan fingerprint density at radius 2 is 2.41 bits per heavy atom. The standard InChI is InChI=1S/C13H18N2OS/c1-3-10(2)13(16)15-8-12-7-11(9-17-12)5-4-6-14/h7,9-10H,3,6,8,14H2,1-2H3,(H,15,16). The first-order chi connectivity index (χ1) is 8.17. The third-order valence-electron chi connectivity index (χ3n) is 2.49. The third kappa shape index (κ3) is 4.59. The van der Waals surface area contributed by atoms with Gasteiger partial charge in [-0.1, -0.05) is 25.7 Å². The van der Waals surface area contributed by atoms with Crippen molar-refractivity contribution in [2.24, 2.45) is 11.7 Å². The van der Waals surface area contributed by atoms with Crippen LogP contribution < -0.4 is 11.1 Å². The lowest BCUT2D eigenvalue weighted by atomic mass is 10.1. The fourth-order valence-electron chi connectivity index (χ4n) is 1.23. The van der Waals surface area contributed by atoms with Gasteiger partial charge in [-0.3, -0.25) is 4.79 Å². The lowest BCUT2D eigenvalue weighted by molar-refractivity contribution is -0.124. The normalized spacial score (nSPS) is 11.5. The molecule has 0 aliphatic heterocycles. The van der Waals surface area contributed by atoms with E-state index in [1.165, 1.54) is 0 Å². The van der Waals surface area contributed by atoms with Crippen molar-refractivity contribution in [2.45, 2.75) is 26.8 Å². The van der Waals surface area contributed by atoms with Crippen molar-refractivity contribution < 1.29 is 4.79 Å². The third-order valence-corrected chi connectivity index (χ3v) is 3.42. The fraction of sp³-hybridized carbons (Fsp3) is 0.462. The van der Waals surface area contributed by atoms with Crippen LogP contribution in [0.2, 0.25) is 0 Å². The number of thiophene rings is 1. The van der Waals surface area contributed by atoms with Crippen molar-refractivity contribution in [3.05, 3.63) is 21.9 Å². The van der Waals surface area contributed by atoms with Gasteiger partial charge in [-0.05, 0) is 12.5 Å². The average molecular weight is 250 g/mol. The Hall–Kier alpha value is -1.31. The van der Waals surface area contributed by atoms with Gasteiger partial charge in [-0.2, -0.15) is 0 Å². The SMILES string of the molecule is CCC(C)C(=O)NCc1cc(C#CCN)cs1. The molecule has 0 spiro atoms. The van der Waals surface area contributed by atoms with E-state index >= 15 is 0 Å². The summed E-state index contributed by atoms with van der Waals surface area (Å²) < 4.78 is 0. The molecule has 1 amide bonds. The van der Waals surface area contributed by atoms with Crippen molar-refractivity contribution in [1.82, 2.24) is 5.32 Å². The maximum atomic E-state index is 11.6. The first kappa shape index (κ1) is 13.8. The van der Waals surface area contributed by atoms with Crippen molar-refractivity contribution in [3.63, 3.8) is 0 Å². The second kappa shape index (κ2) is 7.10. The summed E-state index contributed by atoms with van der Waals surface area (Å²) in [4.78, 5) is 12.7. The van der Waals surface area contributed by atoms with Crippen LogP contribution in [0.5, 0.6) is 0 Å². The Morgan fingerprint density at radius 3 is 3.06 bits per heavy atom. The largest absolute Gasteiger partial charge is 0.351 e. The predicted molar refractivity (Wildman–Crippen MR) is 71.6 cm³/mol. The molecule has 0 aliphatic carbocycles. The van der Waals surface area contributed by atoms with Gasteiger partial charge >= 0.3 is 0 Å². The topological polar surface area (TPSA) is 55.1 Å². The van der Waals surface area contributed by atoms with Gasteiger partial charge in [-0.25, -0.2) is 0 Å². The minimum atomic E-state index is 0.0754. The molecular formula is C13H18N2OS. The van der Waals surface area contributed by atoms with Crippen LogP contribution in [-0.2, 0) is 11.3 Å². The quantitative estimate of drug-likeness (QED) is 0.799. The van der Waals surface area contributed by atoms with E-state index in [-0.39, 0.29) is 11.8 Å². The molecule has 0 aromatic carbocycles. The number of hydrogen-bond donors (Lipinski definition) is 2. The Labute approximate surface area is 106 Å². The summed E-state index contributed by atoms with van der Waals surface area (Å²) >= 11 is 1.60. The molecule has 3 nitrogen and oxygen atoms in total. The molecule has 0 aliphatic rings. The second-order valence-corrected chi connectivity index (χ2v) is 4.83. The highest BCUT2D eigenvalue weighted by atomic mass is 32.1. The molecule has 1 aromatic rings. The number of hydrogen-bond acceptors (Lipinski definition) is 3. The van der Waals surface area contributed by atoms with E-state index in [1.807, 2.05) is 25.3 Å². The van der Waals surface area contributed by atoms with Crippen molar-refractivity contribution in [2.75, 3.05) is 6.54 Å². The maximum absolute atomic E-state index is 11.6.